The van der Waals surface area contributed by atoms with Crippen molar-refractivity contribution in [3.8, 4) is 0 Å². The average Bonchev–Trinajstić information content (AvgIpc) is 3.12. The summed E-state index contributed by atoms with van der Waals surface area (Å²) in [6, 6.07) is 7.57. The Bertz CT molecular complexity index is 821. The summed E-state index contributed by atoms with van der Waals surface area (Å²) in [5, 5.41) is 8.25. The summed E-state index contributed by atoms with van der Waals surface area (Å²) in [6.07, 6.45) is 4.05. The predicted octanol–water partition coefficient (Wildman–Crippen LogP) is 2.99. The monoisotopic (exact) mass is 362 g/mol. The van der Waals surface area contributed by atoms with E-state index in [1.807, 2.05) is 19.1 Å². The van der Waals surface area contributed by atoms with Crippen LogP contribution in [0.25, 0.3) is 0 Å². The zero-order chi connectivity index (χ0) is 18.0. The molecule has 0 spiro atoms. The molecule has 7 heteroatoms. The molecule has 2 heterocycles. The van der Waals surface area contributed by atoms with Gasteiger partial charge in [0.15, 0.2) is 0 Å². The first kappa shape index (κ1) is 18.1. The van der Waals surface area contributed by atoms with Gasteiger partial charge in [-0.2, -0.15) is 4.31 Å². The number of sulfonamides is 1. The van der Waals surface area contributed by atoms with Crippen LogP contribution in [-0.4, -0.2) is 40.6 Å². The molecule has 0 aliphatic carbocycles. The van der Waals surface area contributed by atoms with Crippen molar-refractivity contribution in [1.29, 1.82) is 0 Å². The Hall–Kier alpha value is -1.73. The van der Waals surface area contributed by atoms with E-state index in [0.717, 1.165) is 24.2 Å². The van der Waals surface area contributed by atoms with E-state index in [1.165, 1.54) is 0 Å². The van der Waals surface area contributed by atoms with Gasteiger partial charge < -0.3 is 4.57 Å². The third kappa shape index (κ3) is 3.48. The Morgan fingerprint density at radius 1 is 1.20 bits per heavy atom. The molecular weight excluding hydrogens is 336 g/mol. The van der Waals surface area contributed by atoms with Crippen molar-refractivity contribution in [2.24, 2.45) is 0 Å². The van der Waals surface area contributed by atoms with Crippen molar-refractivity contribution in [2.45, 2.75) is 56.9 Å². The van der Waals surface area contributed by atoms with Crippen LogP contribution in [0.15, 0.2) is 35.5 Å². The second-order valence-electron chi connectivity index (χ2n) is 6.85. The predicted molar refractivity (Wildman–Crippen MR) is 97.0 cm³/mol. The fourth-order valence-electron chi connectivity index (χ4n) is 3.49. The zero-order valence-electron chi connectivity index (χ0n) is 15.1. The van der Waals surface area contributed by atoms with Crippen molar-refractivity contribution in [3.63, 3.8) is 0 Å². The molecule has 1 aromatic carbocycles. The largest absolute Gasteiger partial charge is 0.314 e. The van der Waals surface area contributed by atoms with Crippen LogP contribution in [-0.2, 0) is 16.4 Å². The van der Waals surface area contributed by atoms with Gasteiger partial charge in [-0.15, -0.1) is 10.2 Å². The molecule has 0 unspecified atom stereocenters. The molecule has 6 nitrogen and oxygen atoms in total. The highest BCUT2D eigenvalue weighted by Crippen LogP contribution is 2.29. The van der Waals surface area contributed by atoms with Crippen LogP contribution in [0.3, 0.4) is 0 Å². The lowest BCUT2D eigenvalue weighted by Gasteiger charge is -2.32. The molecule has 25 heavy (non-hydrogen) atoms. The number of nitrogens with zero attached hydrogens (tertiary/aromatic N) is 4. The number of aromatic nitrogens is 3. The van der Waals surface area contributed by atoms with E-state index in [1.54, 1.807) is 22.8 Å². The molecule has 0 bridgehead atoms. The minimum Gasteiger partial charge on any atom is -0.314 e. The fourth-order valence-corrected chi connectivity index (χ4v) is 5.26. The lowest BCUT2D eigenvalue weighted by molar-refractivity contribution is 0.268. The van der Waals surface area contributed by atoms with Crippen LogP contribution in [0.2, 0.25) is 0 Å². The number of aryl methyl sites for hydroxylation is 1. The van der Waals surface area contributed by atoms with Gasteiger partial charge in [-0.3, -0.25) is 0 Å². The number of hydrogen-bond donors (Lipinski definition) is 0. The molecule has 0 atom stereocenters. The first-order valence-corrected chi connectivity index (χ1v) is 10.4. The van der Waals surface area contributed by atoms with Crippen LogP contribution in [0.4, 0.5) is 0 Å². The molecule has 0 radical (unpaired) electrons. The lowest BCUT2D eigenvalue weighted by Crippen LogP contribution is -2.39. The van der Waals surface area contributed by atoms with Gasteiger partial charge >= 0.3 is 0 Å². The molecule has 1 saturated heterocycles. The fraction of sp³-hybridized carbons (Fsp3) is 0.556. The van der Waals surface area contributed by atoms with E-state index in [4.69, 9.17) is 0 Å². The molecule has 2 aromatic rings. The summed E-state index contributed by atoms with van der Waals surface area (Å²) in [6.45, 7) is 7.24. The SMILES string of the molecule is CCc1ccccc1S(=O)(=O)N1CCC(n2cnnc2C(C)C)CC1. The molecule has 1 aliphatic rings. The summed E-state index contributed by atoms with van der Waals surface area (Å²) < 4.78 is 29.8. The van der Waals surface area contributed by atoms with E-state index < -0.39 is 10.0 Å². The first-order chi connectivity index (χ1) is 11.9. The van der Waals surface area contributed by atoms with E-state index in [2.05, 4.69) is 28.6 Å². The molecule has 1 aromatic heterocycles. The van der Waals surface area contributed by atoms with Crippen LogP contribution in [0, 0.1) is 0 Å². The van der Waals surface area contributed by atoms with Crippen molar-refractivity contribution >= 4 is 10.0 Å². The maximum absolute atomic E-state index is 13.0. The molecule has 0 N–H and O–H groups in total. The van der Waals surface area contributed by atoms with Gasteiger partial charge in [-0.05, 0) is 30.9 Å². The van der Waals surface area contributed by atoms with Crippen molar-refractivity contribution in [3.05, 3.63) is 42.0 Å². The molecule has 1 fully saturated rings. The number of rotatable bonds is 5. The van der Waals surface area contributed by atoms with Crippen LogP contribution >= 0.6 is 0 Å². The van der Waals surface area contributed by atoms with Gasteiger partial charge in [0, 0.05) is 25.0 Å². The Balaban J connectivity index is 1.77. The van der Waals surface area contributed by atoms with Crippen LogP contribution < -0.4 is 0 Å². The normalized spacial score (nSPS) is 17.3. The molecule has 0 saturated carbocycles. The molecule has 1 aliphatic heterocycles. The Labute approximate surface area is 149 Å². The third-order valence-electron chi connectivity index (χ3n) is 4.91. The van der Waals surface area contributed by atoms with Crippen molar-refractivity contribution < 1.29 is 8.42 Å². The second kappa shape index (κ2) is 7.25. The van der Waals surface area contributed by atoms with Crippen molar-refractivity contribution in [2.75, 3.05) is 13.1 Å². The average molecular weight is 362 g/mol. The van der Waals surface area contributed by atoms with Gasteiger partial charge in [0.05, 0.1) is 4.90 Å². The highest BCUT2D eigenvalue weighted by atomic mass is 32.2. The molecule has 3 rings (SSSR count). The van der Waals surface area contributed by atoms with E-state index >= 15 is 0 Å². The maximum Gasteiger partial charge on any atom is 0.243 e. The van der Waals surface area contributed by atoms with Gasteiger partial charge in [0.25, 0.3) is 0 Å². The Morgan fingerprint density at radius 3 is 2.52 bits per heavy atom. The van der Waals surface area contributed by atoms with Gasteiger partial charge in [-0.25, -0.2) is 8.42 Å². The Kier molecular flexibility index (Phi) is 5.24. The number of hydrogen-bond acceptors (Lipinski definition) is 4. The molecule has 136 valence electrons. The summed E-state index contributed by atoms with van der Waals surface area (Å²) in [7, 11) is -3.43. The van der Waals surface area contributed by atoms with Crippen LogP contribution in [0.5, 0.6) is 0 Å². The second-order valence-corrected chi connectivity index (χ2v) is 8.75. The number of piperidine rings is 1. The topological polar surface area (TPSA) is 68.1 Å². The van der Waals surface area contributed by atoms with E-state index in [9.17, 15) is 8.42 Å². The lowest BCUT2D eigenvalue weighted by atomic mass is 10.1. The smallest absolute Gasteiger partial charge is 0.243 e. The zero-order valence-corrected chi connectivity index (χ0v) is 15.9. The standard InChI is InChI=1S/C18H26N4O2S/c1-4-15-7-5-6-8-17(15)25(23,24)21-11-9-16(10-12-21)22-13-19-20-18(22)14(2)3/h5-8,13-14,16H,4,9-12H2,1-3H3. The summed E-state index contributed by atoms with van der Waals surface area (Å²) >= 11 is 0. The summed E-state index contributed by atoms with van der Waals surface area (Å²) in [4.78, 5) is 0.447. The maximum atomic E-state index is 13.0. The van der Waals surface area contributed by atoms with Crippen LogP contribution in [0.1, 0.15) is 57.0 Å². The summed E-state index contributed by atoms with van der Waals surface area (Å²) in [5.74, 6) is 1.28. The van der Waals surface area contributed by atoms with Gasteiger partial charge in [0.1, 0.15) is 12.2 Å². The summed E-state index contributed by atoms with van der Waals surface area (Å²) in [5.41, 5.74) is 0.880. The number of benzene rings is 1. The quantitative estimate of drug-likeness (QED) is 0.820. The minimum atomic E-state index is -3.43. The molecular formula is C18H26N4O2S. The molecule has 0 amide bonds. The highest BCUT2D eigenvalue weighted by Gasteiger charge is 2.31. The van der Waals surface area contributed by atoms with Crippen molar-refractivity contribution in [1.82, 2.24) is 19.1 Å². The third-order valence-corrected chi connectivity index (χ3v) is 6.90. The van der Waals surface area contributed by atoms with E-state index in [0.29, 0.717) is 30.3 Å². The first-order valence-electron chi connectivity index (χ1n) is 8.92. The van der Waals surface area contributed by atoms with Gasteiger partial charge in [-0.1, -0.05) is 39.0 Å². The minimum absolute atomic E-state index is 0.264. The van der Waals surface area contributed by atoms with E-state index in [-0.39, 0.29) is 6.04 Å². The Morgan fingerprint density at radius 2 is 1.88 bits per heavy atom. The highest BCUT2D eigenvalue weighted by molar-refractivity contribution is 7.89. The van der Waals surface area contributed by atoms with Gasteiger partial charge in [0.2, 0.25) is 10.0 Å².